The van der Waals surface area contributed by atoms with Crippen molar-refractivity contribution in [1.82, 2.24) is 5.06 Å². The number of hydroxylamine groups is 2. The van der Waals surface area contributed by atoms with Crippen LogP contribution in [0.5, 0.6) is 0 Å². The lowest BCUT2D eigenvalue weighted by Crippen LogP contribution is -2.21. The van der Waals surface area contributed by atoms with E-state index in [1.807, 2.05) is 79.6 Å². The highest BCUT2D eigenvalue weighted by atomic mass is 31.2. The lowest BCUT2D eigenvalue weighted by molar-refractivity contribution is -0.0708. The van der Waals surface area contributed by atoms with Crippen LogP contribution in [0.25, 0.3) is 0 Å². The van der Waals surface area contributed by atoms with Crippen molar-refractivity contribution in [3.05, 3.63) is 71.8 Å². The maximum atomic E-state index is 5.86. The Labute approximate surface area is 139 Å². The molecule has 0 radical (unpaired) electrons. The zero-order valence-electron chi connectivity index (χ0n) is 13.7. The van der Waals surface area contributed by atoms with Crippen molar-refractivity contribution in [3.63, 3.8) is 0 Å². The van der Waals surface area contributed by atoms with E-state index in [2.05, 4.69) is 0 Å². The molecule has 0 amide bonds. The zero-order valence-corrected chi connectivity index (χ0v) is 14.6. The lowest BCUT2D eigenvalue weighted by Gasteiger charge is -2.23. The predicted molar refractivity (Wildman–Crippen MR) is 93.4 cm³/mol. The van der Waals surface area contributed by atoms with Crippen LogP contribution in [-0.4, -0.2) is 18.2 Å². The maximum Gasteiger partial charge on any atom is 0.351 e. The molecule has 0 aliphatic heterocycles. The highest BCUT2D eigenvalue weighted by Crippen LogP contribution is 2.42. The second-order valence-electron chi connectivity index (χ2n) is 4.94. The Kier molecular flexibility index (Phi) is 8.23. The van der Waals surface area contributed by atoms with Gasteiger partial charge in [-0.3, -0.25) is 0 Å². The molecule has 0 aliphatic carbocycles. The average Bonchev–Trinajstić information content (AvgIpc) is 2.63. The summed E-state index contributed by atoms with van der Waals surface area (Å²) in [6, 6.07) is 20.1. The number of nitrogens with zero attached hydrogens (tertiary/aromatic N) is 1. The fourth-order valence-electron chi connectivity index (χ4n) is 1.92. The van der Waals surface area contributed by atoms with Crippen molar-refractivity contribution in [1.29, 1.82) is 0 Å². The molecule has 0 aromatic heterocycles. The molecule has 0 bridgehead atoms. The van der Waals surface area contributed by atoms with Crippen molar-refractivity contribution in [2.75, 3.05) is 13.1 Å². The Hall–Kier alpha value is -1.29. The van der Waals surface area contributed by atoms with Gasteiger partial charge in [-0.05, 0) is 11.1 Å². The highest BCUT2D eigenvalue weighted by Gasteiger charge is 2.17. The third-order valence-electron chi connectivity index (χ3n) is 3.25. The molecule has 0 aliphatic rings. The standard InChI is InChI=1S/C18H24NO3P/c1-3-19(4-2)22-23(20-15-17-11-7-5-8-12-17)21-16-18-13-9-6-10-14-18/h5-14H,3-4,15-16H2,1-2H3. The number of hydrogen-bond acceptors (Lipinski definition) is 4. The molecule has 0 saturated heterocycles. The summed E-state index contributed by atoms with van der Waals surface area (Å²) in [5, 5.41) is 1.85. The monoisotopic (exact) mass is 333 g/mol. The molecule has 124 valence electrons. The first-order chi connectivity index (χ1) is 11.3. The fraction of sp³-hybridized carbons (Fsp3) is 0.333. The van der Waals surface area contributed by atoms with E-state index in [9.17, 15) is 0 Å². The van der Waals surface area contributed by atoms with Crippen LogP contribution in [0.1, 0.15) is 25.0 Å². The van der Waals surface area contributed by atoms with Gasteiger partial charge in [-0.15, -0.1) is 0 Å². The second kappa shape index (κ2) is 10.5. The lowest BCUT2D eigenvalue weighted by atomic mass is 10.2. The summed E-state index contributed by atoms with van der Waals surface area (Å²) in [5.74, 6) is 0. The summed E-state index contributed by atoms with van der Waals surface area (Å²) < 4.78 is 17.6. The predicted octanol–water partition coefficient (Wildman–Crippen LogP) is 4.92. The minimum absolute atomic E-state index is 0.475. The van der Waals surface area contributed by atoms with Crippen LogP contribution in [0.2, 0.25) is 0 Å². The van der Waals surface area contributed by atoms with Gasteiger partial charge in [-0.1, -0.05) is 74.5 Å². The number of hydrogen-bond donors (Lipinski definition) is 0. The van der Waals surface area contributed by atoms with Gasteiger partial charge in [0.25, 0.3) is 0 Å². The normalized spacial score (nSPS) is 11.3. The molecule has 2 aromatic carbocycles. The van der Waals surface area contributed by atoms with Gasteiger partial charge >= 0.3 is 8.60 Å². The van der Waals surface area contributed by atoms with E-state index in [1.54, 1.807) is 0 Å². The fourth-order valence-corrected chi connectivity index (χ4v) is 3.02. The largest absolute Gasteiger partial charge is 0.351 e. The smallest absolute Gasteiger partial charge is 0.306 e. The molecular weight excluding hydrogens is 309 g/mol. The van der Waals surface area contributed by atoms with E-state index in [0.717, 1.165) is 24.2 Å². The molecule has 4 nitrogen and oxygen atoms in total. The van der Waals surface area contributed by atoms with E-state index >= 15 is 0 Å². The average molecular weight is 333 g/mol. The summed E-state index contributed by atoms with van der Waals surface area (Å²) >= 11 is 0. The van der Waals surface area contributed by atoms with E-state index in [-0.39, 0.29) is 0 Å². The Morgan fingerprint density at radius 1 is 0.739 bits per heavy atom. The number of benzene rings is 2. The van der Waals surface area contributed by atoms with Crippen LogP contribution in [0.15, 0.2) is 60.7 Å². The first kappa shape index (κ1) is 18.1. The van der Waals surface area contributed by atoms with Crippen molar-refractivity contribution in [3.8, 4) is 0 Å². The third kappa shape index (κ3) is 6.78. The maximum absolute atomic E-state index is 5.86. The first-order valence-electron chi connectivity index (χ1n) is 7.88. The van der Waals surface area contributed by atoms with Crippen LogP contribution < -0.4 is 0 Å². The topological polar surface area (TPSA) is 30.9 Å². The van der Waals surface area contributed by atoms with E-state index in [0.29, 0.717) is 13.2 Å². The molecule has 5 heteroatoms. The minimum atomic E-state index is -1.43. The Morgan fingerprint density at radius 3 is 1.57 bits per heavy atom. The molecule has 0 heterocycles. The van der Waals surface area contributed by atoms with Gasteiger partial charge < -0.3 is 9.05 Å². The Bertz CT molecular complexity index is 491. The van der Waals surface area contributed by atoms with Crippen molar-refractivity contribution < 1.29 is 13.7 Å². The summed E-state index contributed by atoms with van der Waals surface area (Å²) in [7, 11) is -1.43. The minimum Gasteiger partial charge on any atom is -0.306 e. The van der Waals surface area contributed by atoms with Gasteiger partial charge in [0.15, 0.2) is 0 Å². The van der Waals surface area contributed by atoms with Gasteiger partial charge in [0.1, 0.15) is 0 Å². The highest BCUT2D eigenvalue weighted by molar-refractivity contribution is 7.41. The van der Waals surface area contributed by atoms with Crippen LogP contribution in [0.3, 0.4) is 0 Å². The summed E-state index contributed by atoms with van der Waals surface area (Å²) in [6.45, 7) is 6.62. The summed E-state index contributed by atoms with van der Waals surface area (Å²) in [6.07, 6.45) is 0. The number of rotatable bonds is 10. The summed E-state index contributed by atoms with van der Waals surface area (Å²) in [4.78, 5) is 0. The Morgan fingerprint density at radius 2 is 1.17 bits per heavy atom. The molecule has 0 N–H and O–H groups in total. The van der Waals surface area contributed by atoms with E-state index in [4.69, 9.17) is 13.7 Å². The SMILES string of the molecule is CCN(CC)OP(OCc1ccccc1)OCc1ccccc1. The molecule has 0 spiro atoms. The van der Waals surface area contributed by atoms with Crippen LogP contribution >= 0.6 is 8.60 Å². The molecule has 0 saturated carbocycles. The van der Waals surface area contributed by atoms with Gasteiger partial charge in [0, 0.05) is 13.1 Å². The molecule has 2 rings (SSSR count). The van der Waals surface area contributed by atoms with Crippen LogP contribution in [0, 0.1) is 0 Å². The summed E-state index contributed by atoms with van der Waals surface area (Å²) in [5.41, 5.74) is 2.21. The quantitative estimate of drug-likeness (QED) is 0.456. The molecule has 0 unspecified atom stereocenters. The Balaban J connectivity index is 1.90. The van der Waals surface area contributed by atoms with Crippen molar-refractivity contribution in [2.45, 2.75) is 27.1 Å². The van der Waals surface area contributed by atoms with Crippen LogP contribution in [0.4, 0.5) is 0 Å². The first-order valence-corrected chi connectivity index (χ1v) is 8.98. The third-order valence-corrected chi connectivity index (χ3v) is 4.29. The van der Waals surface area contributed by atoms with Crippen molar-refractivity contribution >= 4 is 8.60 Å². The second-order valence-corrected chi connectivity index (χ2v) is 6.06. The molecule has 23 heavy (non-hydrogen) atoms. The molecule has 2 aromatic rings. The van der Waals surface area contributed by atoms with Gasteiger partial charge in [-0.25, -0.2) is 4.62 Å². The molecule has 0 atom stereocenters. The molecular formula is C18H24NO3P. The van der Waals surface area contributed by atoms with Crippen LogP contribution in [-0.2, 0) is 26.9 Å². The molecule has 0 fully saturated rings. The van der Waals surface area contributed by atoms with E-state index < -0.39 is 8.60 Å². The van der Waals surface area contributed by atoms with Gasteiger partial charge in [0.05, 0.1) is 13.2 Å². The van der Waals surface area contributed by atoms with Gasteiger partial charge in [-0.2, -0.15) is 5.06 Å². The van der Waals surface area contributed by atoms with Gasteiger partial charge in [0.2, 0.25) is 0 Å². The zero-order chi connectivity index (χ0) is 16.3. The van der Waals surface area contributed by atoms with Crippen molar-refractivity contribution in [2.24, 2.45) is 0 Å². The van der Waals surface area contributed by atoms with E-state index in [1.165, 1.54) is 0 Å².